The number of hydrogen-bond acceptors (Lipinski definition) is 7. The smallest absolute Gasteiger partial charge is 0.413 e. The van der Waals surface area contributed by atoms with Crippen LogP contribution < -0.4 is 14.4 Å². The van der Waals surface area contributed by atoms with E-state index < -0.39 is 21.9 Å². The van der Waals surface area contributed by atoms with Gasteiger partial charge >= 0.3 is 16.3 Å². The Morgan fingerprint density at radius 1 is 1.14 bits per heavy atom. The number of rotatable bonds is 9. The number of carbonyl (C=O) groups is 1. The van der Waals surface area contributed by atoms with Crippen molar-refractivity contribution >= 4 is 27.8 Å². The summed E-state index contributed by atoms with van der Waals surface area (Å²) in [6, 6.07) is 12.1. The highest BCUT2D eigenvalue weighted by Gasteiger charge is 2.36. The van der Waals surface area contributed by atoms with Crippen LogP contribution in [0.5, 0.6) is 5.75 Å². The molecule has 0 unspecified atom stereocenters. The molecule has 35 heavy (non-hydrogen) atoms. The summed E-state index contributed by atoms with van der Waals surface area (Å²) in [4.78, 5) is 16.1. The number of carbonyl (C=O) groups excluding carboxylic acids is 1. The summed E-state index contributed by atoms with van der Waals surface area (Å²) in [5.41, 5.74) is 0.362. The van der Waals surface area contributed by atoms with Crippen LogP contribution in [-0.2, 0) is 14.9 Å². The highest BCUT2D eigenvalue weighted by molar-refractivity contribution is 7.90. The van der Waals surface area contributed by atoms with Gasteiger partial charge in [0.1, 0.15) is 17.2 Å². The first-order valence-electron chi connectivity index (χ1n) is 11.5. The van der Waals surface area contributed by atoms with Crippen molar-refractivity contribution in [1.29, 1.82) is 5.26 Å². The van der Waals surface area contributed by atoms with Crippen molar-refractivity contribution in [1.82, 2.24) is 9.29 Å². The number of ether oxygens (including phenoxy) is 2. The van der Waals surface area contributed by atoms with Crippen molar-refractivity contribution in [3.63, 3.8) is 0 Å². The van der Waals surface area contributed by atoms with Crippen molar-refractivity contribution in [2.75, 3.05) is 35.9 Å². The van der Waals surface area contributed by atoms with Gasteiger partial charge in [0.2, 0.25) is 0 Å². The first-order chi connectivity index (χ1) is 16.6. The topological polar surface area (TPSA) is 125 Å². The number of anilines is 2. The fourth-order valence-electron chi connectivity index (χ4n) is 3.50. The fraction of sp³-hybridized carbons (Fsp3) is 0.458. The van der Waals surface area contributed by atoms with Crippen LogP contribution in [0.3, 0.4) is 0 Å². The van der Waals surface area contributed by atoms with E-state index in [1.165, 1.54) is 20.9 Å². The molecule has 0 saturated carbocycles. The Balaban J connectivity index is 1.46. The Labute approximate surface area is 206 Å². The maximum absolute atomic E-state index is 13.0. The van der Waals surface area contributed by atoms with Gasteiger partial charge in [-0.3, -0.25) is 9.62 Å². The summed E-state index contributed by atoms with van der Waals surface area (Å²) in [6.45, 7) is 6.92. The standard InChI is InChI=1S/C24H31N5O5S/c1-24(2,3)34-23(30)27-22-17-20(11-12-26-22)29-15-14-28(35(29,31)32)13-5-4-6-16-33-21-9-7-19(18-25)8-10-21/h7-12,17H,4-6,13-16H2,1-3H3,(H,26,27,30). The Hall–Kier alpha value is -3.36. The molecule has 0 radical (unpaired) electrons. The molecule has 3 rings (SSSR count). The fourth-order valence-corrected chi connectivity index (χ4v) is 5.14. The normalized spacial score (nSPS) is 15.4. The molecule has 11 heteroatoms. The molecule has 188 valence electrons. The minimum absolute atomic E-state index is 0.215. The number of benzene rings is 1. The molecule has 1 amide bonds. The number of unbranched alkanes of at least 4 members (excludes halogenated alkanes) is 2. The lowest BCUT2D eigenvalue weighted by molar-refractivity contribution is 0.0635. The molecule has 0 bridgehead atoms. The van der Waals surface area contributed by atoms with E-state index in [1.807, 2.05) is 0 Å². The lowest BCUT2D eigenvalue weighted by Crippen LogP contribution is -2.33. The Bertz CT molecular complexity index is 1160. The number of nitrogens with one attached hydrogen (secondary N) is 1. The first kappa shape index (κ1) is 26.2. The molecule has 1 N–H and O–H groups in total. The van der Waals surface area contributed by atoms with E-state index in [-0.39, 0.29) is 5.82 Å². The molecular weight excluding hydrogens is 470 g/mol. The van der Waals surface area contributed by atoms with Gasteiger partial charge in [0, 0.05) is 31.9 Å². The van der Waals surface area contributed by atoms with Crippen LogP contribution in [0.25, 0.3) is 0 Å². The van der Waals surface area contributed by atoms with Crippen LogP contribution in [0.15, 0.2) is 42.6 Å². The summed E-state index contributed by atoms with van der Waals surface area (Å²) in [6.07, 6.45) is 3.12. The van der Waals surface area contributed by atoms with Crippen molar-refractivity contribution in [2.45, 2.75) is 45.6 Å². The second kappa shape index (κ2) is 11.4. The van der Waals surface area contributed by atoms with Gasteiger partial charge in [0.05, 0.1) is 23.9 Å². The molecule has 1 saturated heterocycles. The van der Waals surface area contributed by atoms with Gasteiger partial charge in [0.15, 0.2) is 0 Å². The van der Waals surface area contributed by atoms with E-state index in [1.54, 1.807) is 51.1 Å². The van der Waals surface area contributed by atoms with Crippen LogP contribution in [0.2, 0.25) is 0 Å². The van der Waals surface area contributed by atoms with E-state index in [9.17, 15) is 13.2 Å². The third-order valence-electron chi connectivity index (χ3n) is 5.12. The predicted octanol–water partition coefficient (Wildman–Crippen LogP) is 3.92. The van der Waals surface area contributed by atoms with Crippen molar-refractivity contribution in [3.8, 4) is 11.8 Å². The third-order valence-corrected chi connectivity index (χ3v) is 7.09. The molecule has 1 aromatic carbocycles. The molecule has 1 fully saturated rings. The van der Waals surface area contributed by atoms with Gasteiger partial charge < -0.3 is 9.47 Å². The average Bonchev–Trinajstić information content (AvgIpc) is 3.09. The molecule has 0 spiro atoms. The van der Waals surface area contributed by atoms with Gasteiger partial charge in [-0.15, -0.1) is 0 Å². The molecule has 0 atom stereocenters. The van der Waals surface area contributed by atoms with E-state index in [4.69, 9.17) is 14.7 Å². The van der Waals surface area contributed by atoms with E-state index in [0.717, 1.165) is 12.8 Å². The van der Waals surface area contributed by atoms with Crippen molar-refractivity contribution < 1.29 is 22.7 Å². The third kappa shape index (κ3) is 7.56. The molecule has 1 aromatic heterocycles. The zero-order valence-corrected chi connectivity index (χ0v) is 21.0. The largest absolute Gasteiger partial charge is 0.494 e. The van der Waals surface area contributed by atoms with Gasteiger partial charge in [-0.05, 0) is 70.4 Å². The highest BCUT2D eigenvalue weighted by atomic mass is 32.2. The molecule has 2 aromatic rings. The summed E-state index contributed by atoms with van der Waals surface area (Å²) >= 11 is 0. The van der Waals surface area contributed by atoms with E-state index in [0.29, 0.717) is 49.7 Å². The lowest BCUT2D eigenvalue weighted by Gasteiger charge is -2.21. The Kier molecular flexibility index (Phi) is 8.53. The summed E-state index contributed by atoms with van der Waals surface area (Å²) in [7, 11) is -3.66. The number of hydrogen-bond donors (Lipinski definition) is 1. The Morgan fingerprint density at radius 2 is 1.89 bits per heavy atom. The quantitative estimate of drug-likeness (QED) is 0.516. The highest BCUT2D eigenvalue weighted by Crippen LogP contribution is 2.27. The zero-order valence-electron chi connectivity index (χ0n) is 20.2. The average molecular weight is 502 g/mol. The lowest BCUT2D eigenvalue weighted by atomic mass is 10.2. The van der Waals surface area contributed by atoms with Crippen LogP contribution in [-0.4, -0.2) is 55.6 Å². The van der Waals surface area contributed by atoms with Gasteiger partial charge in [-0.25, -0.2) is 9.78 Å². The second-order valence-electron chi connectivity index (χ2n) is 9.05. The van der Waals surface area contributed by atoms with Crippen LogP contribution in [0, 0.1) is 11.3 Å². The number of amides is 1. The number of nitrogens with zero attached hydrogens (tertiary/aromatic N) is 4. The molecule has 1 aliphatic rings. The van der Waals surface area contributed by atoms with Gasteiger partial charge in [0.25, 0.3) is 0 Å². The molecule has 1 aliphatic heterocycles. The summed E-state index contributed by atoms with van der Waals surface area (Å²) in [5.74, 6) is 0.923. The van der Waals surface area contributed by atoms with Crippen LogP contribution >= 0.6 is 0 Å². The number of pyridine rings is 1. The monoisotopic (exact) mass is 501 g/mol. The Morgan fingerprint density at radius 3 is 2.57 bits per heavy atom. The van der Waals surface area contributed by atoms with Crippen LogP contribution in [0.4, 0.5) is 16.3 Å². The SMILES string of the molecule is CC(C)(C)OC(=O)Nc1cc(N2CCN(CCCCCOc3ccc(C#N)cc3)S2(=O)=O)ccn1. The minimum atomic E-state index is -3.66. The predicted molar refractivity (Wildman–Crippen MR) is 132 cm³/mol. The number of nitriles is 1. The molecular formula is C24H31N5O5S. The molecule has 2 heterocycles. The second-order valence-corrected chi connectivity index (χ2v) is 10.9. The summed E-state index contributed by atoms with van der Waals surface area (Å²) in [5, 5.41) is 11.4. The maximum Gasteiger partial charge on any atom is 0.413 e. The first-order valence-corrected chi connectivity index (χ1v) is 12.8. The van der Waals surface area contributed by atoms with Crippen molar-refractivity contribution in [3.05, 3.63) is 48.2 Å². The number of aromatic nitrogens is 1. The maximum atomic E-state index is 13.0. The van der Waals surface area contributed by atoms with E-state index in [2.05, 4.69) is 16.4 Å². The summed E-state index contributed by atoms with van der Waals surface area (Å²) < 4.78 is 39.8. The molecule has 0 aliphatic carbocycles. The molecule has 10 nitrogen and oxygen atoms in total. The van der Waals surface area contributed by atoms with Crippen LogP contribution in [0.1, 0.15) is 45.6 Å². The van der Waals surface area contributed by atoms with Gasteiger partial charge in [-0.2, -0.15) is 18.0 Å². The van der Waals surface area contributed by atoms with Crippen molar-refractivity contribution in [2.24, 2.45) is 0 Å². The van der Waals surface area contributed by atoms with E-state index >= 15 is 0 Å². The minimum Gasteiger partial charge on any atom is -0.494 e. The van der Waals surface area contributed by atoms with Gasteiger partial charge in [-0.1, -0.05) is 0 Å². The zero-order chi connectivity index (χ0) is 25.5.